The van der Waals surface area contributed by atoms with Crippen LogP contribution in [0.4, 0.5) is 0 Å². The monoisotopic (exact) mass is 341 g/mol. The number of carboxylic acids is 1. The van der Waals surface area contributed by atoms with E-state index < -0.39 is 12.0 Å². The molecule has 3 aliphatic heterocycles. The molecule has 0 spiro atoms. The molecular weight excluding hydrogens is 322 g/mol. The lowest BCUT2D eigenvalue weighted by molar-refractivity contribution is -0.147. The van der Waals surface area contributed by atoms with Crippen molar-refractivity contribution in [1.29, 1.82) is 0 Å². The number of likely N-dealkylation sites (tertiary alicyclic amines) is 1. The normalized spacial score (nSPS) is 32.5. The van der Waals surface area contributed by atoms with E-state index in [1.54, 1.807) is 11.8 Å². The van der Waals surface area contributed by atoms with Crippen LogP contribution in [0.1, 0.15) is 6.42 Å². The van der Waals surface area contributed by atoms with Crippen molar-refractivity contribution in [2.75, 3.05) is 25.9 Å². The van der Waals surface area contributed by atoms with Crippen LogP contribution >= 0.6 is 23.5 Å². The molecule has 2 saturated heterocycles. The molecule has 2 fully saturated rings. The second kappa shape index (κ2) is 6.27. The Morgan fingerprint density at radius 3 is 2.95 bits per heavy atom. The zero-order valence-corrected chi connectivity index (χ0v) is 13.9. The Hall–Kier alpha value is -0.960. The topological polar surface area (TPSA) is 86.9 Å². The van der Waals surface area contributed by atoms with Gasteiger partial charge in [0.05, 0.1) is 0 Å². The van der Waals surface area contributed by atoms with Gasteiger partial charge in [-0.2, -0.15) is 0 Å². The van der Waals surface area contributed by atoms with Gasteiger partial charge in [-0.25, -0.2) is 4.79 Å². The first kappa shape index (κ1) is 15.9. The van der Waals surface area contributed by atoms with Gasteiger partial charge < -0.3 is 15.7 Å². The number of allylic oxidation sites excluding steroid dienone is 1. The number of amides is 1. The number of carbonyl (C=O) groups is 2. The number of nitrogens with zero attached hydrogens (tertiary/aromatic N) is 2. The lowest BCUT2D eigenvalue weighted by atomic mass is 10.0. The molecule has 8 heteroatoms. The molecule has 3 rings (SSSR count). The van der Waals surface area contributed by atoms with E-state index in [0.29, 0.717) is 16.6 Å². The summed E-state index contributed by atoms with van der Waals surface area (Å²) >= 11 is 3.26. The molecule has 0 radical (unpaired) electrons. The summed E-state index contributed by atoms with van der Waals surface area (Å²) in [7, 11) is 2.10. The molecule has 3 heterocycles. The van der Waals surface area contributed by atoms with Gasteiger partial charge in [-0.3, -0.25) is 9.69 Å². The van der Waals surface area contributed by atoms with Crippen molar-refractivity contribution in [1.82, 2.24) is 9.80 Å². The highest BCUT2D eigenvalue weighted by Crippen LogP contribution is 2.40. The van der Waals surface area contributed by atoms with Crippen LogP contribution < -0.4 is 5.73 Å². The highest BCUT2D eigenvalue weighted by atomic mass is 32.2. The Kier molecular flexibility index (Phi) is 4.54. The fourth-order valence-electron chi connectivity index (χ4n) is 2.91. The molecule has 6 nitrogen and oxygen atoms in total. The first-order valence-electron chi connectivity index (χ1n) is 7.16. The molecule has 0 bridgehead atoms. The predicted octanol–water partition coefficient (Wildman–Crippen LogP) is 0.519. The van der Waals surface area contributed by atoms with Crippen LogP contribution in [0.2, 0.25) is 0 Å². The zero-order chi connectivity index (χ0) is 15.9. The molecular formula is C14H19N3O3S2. The van der Waals surface area contributed by atoms with Crippen LogP contribution in [0.25, 0.3) is 0 Å². The van der Waals surface area contributed by atoms with E-state index in [-0.39, 0.29) is 17.0 Å². The van der Waals surface area contributed by atoms with Crippen molar-refractivity contribution in [2.45, 2.75) is 23.1 Å². The minimum Gasteiger partial charge on any atom is -0.477 e. The van der Waals surface area contributed by atoms with Crippen molar-refractivity contribution in [3.63, 3.8) is 0 Å². The van der Waals surface area contributed by atoms with Gasteiger partial charge in [0.15, 0.2) is 0 Å². The largest absolute Gasteiger partial charge is 0.477 e. The fraction of sp³-hybridized carbons (Fsp3) is 0.571. The lowest BCUT2D eigenvalue weighted by Crippen LogP contribution is -2.68. The molecule has 0 aromatic rings. The lowest BCUT2D eigenvalue weighted by Gasteiger charge is -2.47. The van der Waals surface area contributed by atoms with Gasteiger partial charge in [0, 0.05) is 17.5 Å². The van der Waals surface area contributed by atoms with E-state index in [1.165, 1.54) is 16.7 Å². The minimum absolute atomic E-state index is 0.0934. The number of fused-ring (bicyclic) bond motifs is 1. The van der Waals surface area contributed by atoms with Crippen LogP contribution in [0.3, 0.4) is 0 Å². The van der Waals surface area contributed by atoms with E-state index in [1.807, 2.05) is 11.5 Å². The standard InChI is InChI=1S/C14H19N3O3S2/c1-16-4-2-9(6-16)21-5-3-8-7-22-13-10(15)12(18)17(13)11(8)14(19)20/h3,5,9-10,13H,2,4,6-7,15H2,1H3,(H,19,20)/b5-3+/t9-,10+,13+/m0/s1. The summed E-state index contributed by atoms with van der Waals surface area (Å²) in [6, 6.07) is -0.576. The third-order valence-electron chi connectivity index (χ3n) is 4.13. The summed E-state index contributed by atoms with van der Waals surface area (Å²) in [4.78, 5) is 27.0. The SMILES string of the molecule is CN1CC[C@H](S/C=C/C2=C(C(=O)O)N3C(=O)[C@@H](N)[C@H]3SC2)C1. The van der Waals surface area contributed by atoms with Crippen LogP contribution in [-0.4, -0.2) is 69.3 Å². The number of β-lactam (4-membered cyclic amide) rings is 1. The quantitative estimate of drug-likeness (QED) is 0.721. The molecule has 22 heavy (non-hydrogen) atoms. The number of thioether (sulfide) groups is 2. The zero-order valence-electron chi connectivity index (χ0n) is 12.3. The molecule has 3 aliphatic rings. The summed E-state index contributed by atoms with van der Waals surface area (Å²) in [6.45, 7) is 2.16. The fourth-order valence-corrected chi connectivity index (χ4v) is 5.22. The van der Waals surface area contributed by atoms with Crippen LogP contribution in [-0.2, 0) is 9.59 Å². The van der Waals surface area contributed by atoms with Gasteiger partial charge in [-0.15, -0.1) is 23.5 Å². The Balaban J connectivity index is 1.72. The summed E-state index contributed by atoms with van der Waals surface area (Å²) in [6.07, 6.45) is 2.99. The van der Waals surface area contributed by atoms with Crippen molar-refractivity contribution >= 4 is 35.4 Å². The van der Waals surface area contributed by atoms with E-state index >= 15 is 0 Å². The summed E-state index contributed by atoms with van der Waals surface area (Å²) in [5, 5.41) is 11.7. The maximum Gasteiger partial charge on any atom is 0.352 e. The average molecular weight is 341 g/mol. The van der Waals surface area contributed by atoms with Gasteiger partial charge in [0.2, 0.25) is 5.91 Å². The first-order chi connectivity index (χ1) is 10.5. The molecule has 0 aromatic heterocycles. The number of aliphatic carboxylic acids is 1. The highest BCUT2D eigenvalue weighted by molar-refractivity contribution is 8.02. The molecule has 120 valence electrons. The van der Waals surface area contributed by atoms with Gasteiger partial charge >= 0.3 is 5.97 Å². The number of carbonyl (C=O) groups excluding carboxylic acids is 1. The highest BCUT2D eigenvalue weighted by Gasteiger charge is 2.51. The summed E-state index contributed by atoms with van der Waals surface area (Å²) < 4.78 is 0. The van der Waals surface area contributed by atoms with E-state index in [4.69, 9.17) is 5.73 Å². The van der Waals surface area contributed by atoms with Gasteiger partial charge in [0.25, 0.3) is 0 Å². The number of nitrogens with two attached hydrogens (primary N) is 1. The predicted molar refractivity (Wildman–Crippen MR) is 88.4 cm³/mol. The molecule has 0 aliphatic carbocycles. The smallest absolute Gasteiger partial charge is 0.352 e. The first-order valence-corrected chi connectivity index (χ1v) is 9.15. The molecule has 0 saturated carbocycles. The van der Waals surface area contributed by atoms with Gasteiger partial charge in [-0.1, -0.05) is 0 Å². The van der Waals surface area contributed by atoms with Crippen LogP contribution in [0.15, 0.2) is 22.8 Å². The van der Waals surface area contributed by atoms with Gasteiger partial charge in [0.1, 0.15) is 17.1 Å². The van der Waals surface area contributed by atoms with E-state index in [0.717, 1.165) is 19.5 Å². The molecule has 3 atom stereocenters. The molecule has 0 aromatic carbocycles. The number of hydrogen-bond acceptors (Lipinski definition) is 6. The number of hydrogen-bond donors (Lipinski definition) is 2. The number of carboxylic acid groups (broad SMARTS) is 1. The second-order valence-electron chi connectivity index (χ2n) is 5.73. The van der Waals surface area contributed by atoms with Crippen molar-refractivity contribution < 1.29 is 14.7 Å². The molecule has 0 unspecified atom stereocenters. The molecule has 3 N–H and O–H groups in total. The van der Waals surface area contributed by atoms with Crippen LogP contribution in [0, 0.1) is 0 Å². The third-order valence-corrected chi connectivity index (χ3v) is 6.52. The van der Waals surface area contributed by atoms with Gasteiger partial charge in [-0.05, 0) is 37.1 Å². The number of rotatable bonds is 4. The van der Waals surface area contributed by atoms with E-state index in [9.17, 15) is 14.7 Å². The second-order valence-corrected chi connectivity index (χ2v) is 8.04. The summed E-state index contributed by atoms with van der Waals surface area (Å²) in [5.41, 5.74) is 6.51. The van der Waals surface area contributed by atoms with Crippen molar-refractivity contribution in [3.05, 3.63) is 22.8 Å². The Bertz CT molecular complexity index is 564. The van der Waals surface area contributed by atoms with Crippen molar-refractivity contribution in [2.24, 2.45) is 5.73 Å². The van der Waals surface area contributed by atoms with E-state index in [2.05, 4.69) is 11.9 Å². The molecule has 1 amide bonds. The van der Waals surface area contributed by atoms with Crippen LogP contribution in [0.5, 0.6) is 0 Å². The Morgan fingerprint density at radius 1 is 1.55 bits per heavy atom. The Morgan fingerprint density at radius 2 is 2.32 bits per heavy atom. The minimum atomic E-state index is -1.06. The average Bonchev–Trinajstić information content (AvgIpc) is 2.91. The Labute approximate surface area is 137 Å². The van der Waals surface area contributed by atoms with Crippen molar-refractivity contribution in [3.8, 4) is 0 Å². The maximum atomic E-state index is 11.8. The maximum absolute atomic E-state index is 11.8. The summed E-state index contributed by atoms with van der Waals surface area (Å²) in [5.74, 6) is -0.785. The third kappa shape index (κ3) is 2.80.